The van der Waals surface area contributed by atoms with Crippen LogP contribution in [0, 0.1) is 0 Å². The summed E-state index contributed by atoms with van der Waals surface area (Å²) in [6, 6.07) is 25.3. The van der Waals surface area contributed by atoms with Crippen molar-refractivity contribution in [3.05, 3.63) is 95.8 Å². The molecule has 168 valence electrons. The molecule has 0 radical (unpaired) electrons. The van der Waals surface area contributed by atoms with Gasteiger partial charge in [0.25, 0.3) is 5.91 Å². The Morgan fingerprint density at radius 2 is 1.70 bits per heavy atom. The minimum atomic E-state index is -0.0915. The minimum Gasteiger partial charge on any atom is -0.346 e. The predicted molar refractivity (Wildman–Crippen MR) is 136 cm³/mol. The molecule has 5 rings (SSSR count). The van der Waals surface area contributed by atoms with E-state index in [0.717, 1.165) is 29.8 Å². The van der Waals surface area contributed by atoms with Gasteiger partial charge in [0, 0.05) is 18.8 Å². The first-order valence-electron chi connectivity index (χ1n) is 11.9. The molecule has 0 aliphatic carbocycles. The fourth-order valence-electron chi connectivity index (χ4n) is 5.03. The second-order valence-corrected chi connectivity index (χ2v) is 9.13. The van der Waals surface area contributed by atoms with E-state index in [1.807, 2.05) is 42.9 Å². The number of benzene rings is 3. The molecule has 33 heavy (non-hydrogen) atoms. The quantitative estimate of drug-likeness (QED) is 0.414. The number of hydrogen-bond acceptors (Lipinski definition) is 2. The summed E-state index contributed by atoms with van der Waals surface area (Å²) in [7, 11) is 1.93. The molecule has 1 amide bonds. The number of amides is 1. The predicted octanol–water partition coefficient (Wildman–Crippen LogP) is 5.80. The lowest BCUT2D eigenvalue weighted by Crippen LogP contribution is -2.28. The molecular weight excluding hydrogens is 406 g/mol. The molecular formula is C29H31N3O. The topological polar surface area (TPSA) is 46.1 Å². The third kappa shape index (κ3) is 4.44. The first-order valence-corrected chi connectivity index (χ1v) is 11.9. The highest BCUT2D eigenvalue weighted by Gasteiger charge is 2.18. The van der Waals surface area contributed by atoms with E-state index < -0.39 is 0 Å². The standard InChI is InChI=1S/C29H31N3O/c1-20(26-9-5-7-24-6-3-4-8-27(24)26)31-29(33)28-18-25(19-32(28)2)22-12-10-21(11-13-22)23-14-16-30-17-15-23/h3-13,18-20,23,30H,14-17H2,1-2H3,(H,31,33). The Labute approximate surface area is 195 Å². The van der Waals surface area contributed by atoms with Gasteiger partial charge in [0.15, 0.2) is 0 Å². The van der Waals surface area contributed by atoms with Crippen molar-refractivity contribution in [2.45, 2.75) is 31.7 Å². The van der Waals surface area contributed by atoms with E-state index in [2.05, 4.69) is 65.2 Å². The summed E-state index contributed by atoms with van der Waals surface area (Å²) in [6.45, 7) is 4.24. The van der Waals surface area contributed by atoms with Crippen molar-refractivity contribution in [2.24, 2.45) is 7.05 Å². The van der Waals surface area contributed by atoms with Gasteiger partial charge in [0.05, 0.1) is 6.04 Å². The molecule has 4 heteroatoms. The van der Waals surface area contributed by atoms with E-state index in [1.165, 1.54) is 29.2 Å². The van der Waals surface area contributed by atoms with Crippen LogP contribution in [0.3, 0.4) is 0 Å². The highest BCUT2D eigenvalue weighted by molar-refractivity contribution is 5.95. The number of aryl methyl sites for hydroxylation is 1. The van der Waals surface area contributed by atoms with E-state index in [0.29, 0.717) is 11.6 Å². The minimum absolute atomic E-state index is 0.0597. The maximum absolute atomic E-state index is 13.2. The Kier molecular flexibility index (Phi) is 6.01. The third-order valence-corrected chi connectivity index (χ3v) is 6.93. The zero-order chi connectivity index (χ0) is 22.8. The fraction of sp³-hybridized carbons (Fsp3) is 0.276. The Bertz CT molecular complexity index is 1260. The molecule has 1 aromatic heterocycles. The zero-order valence-corrected chi connectivity index (χ0v) is 19.3. The normalized spacial score (nSPS) is 15.5. The molecule has 2 N–H and O–H groups in total. The van der Waals surface area contributed by atoms with E-state index in [-0.39, 0.29) is 11.9 Å². The monoisotopic (exact) mass is 437 g/mol. The number of hydrogen-bond donors (Lipinski definition) is 2. The summed E-state index contributed by atoms with van der Waals surface area (Å²) in [6.07, 6.45) is 4.44. The third-order valence-electron chi connectivity index (χ3n) is 6.93. The van der Waals surface area contributed by atoms with Gasteiger partial charge in [-0.3, -0.25) is 4.79 Å². The molecule has 3 aromatic carbocycles. The highest BCUT2D eigenvalue weighted by Crippen LogP contribution is 2.29. The lowest BCUT2D eigenvalue weighted by molar-refractivity contribution is 0.0932. The van der Waals surface area contributed by atoms with Crippen LogP contribution in [0.4, 0.5) is 0 Å². The lowest BCUT2D eigenvalue weighted by atomic mass is 9.89. The van der Waals surface area contributed by atoms with Crippen LogP contribution in [0.15, 0.2) is 79.0 Å². The number of aromatic nitrogens is 1. The van der Waals surface area contributed by atoms with E-state index in [1.54, 1.807) is 0 Å². The second kappa shape index (κ2) is 9.24. The molecule has 0 spiro atoms. The number of carbonyl (C=O) groups is 1. The van der Waals surface area contributed by atoms with E-state index in [9.17, 15) is 4.79 Å². The largest absolute Gasteiger partial charge is 0.346 e. The summed E-state index contributed by atoms with van der Waals surface area (Å²) < 4.78 is 1.92. The van der Waals surface area contributed by atoms with Gasteiger partial charge in [-0.05, 0) is 72.3 Å². The SMILES string of the molecule is CC(NC(=O)c1cc(-c2ccc(C3CCNCC3)cc2)cn1C)c1cccc2ccccc12. The summed E-state index contributed by atoms with van der Waals surface area (Å²) >= 11 is 0. The van der Waals surface area contributed by atoms with Crippen molar-refractivity contribution < 1.29 is 4.79 Å². The van der Waals surface area contributed by atoms with E-state index >= 15 is 0 Å². The molecule has 0 saturated carbocycles. The van der Waals surface area contributed by atoms with Gasteiger partial charge in [-0.1, -0.05) is 66.7 Å². The molecule has 0 bridgehead atoms. The Hall–Kier alpha value is -3.37. The number of rotatable bonds is 5. The average Bonchev–Trinajstić information content (AvgIpc) is 3.26. The van der Waals surface area contributed by atoms with Crippen LogP contribution in [-0.2, 0) is 7.05 Å². The van der Waals surface area contributed by atoms with Crippen molar-refractivity contribution in [1.29, 1.82) is 0 Å². The molecule has 4 aromatic rings. The van der Waals surface area contributed by atoms with E-state index in [4.69, 9.17) is 0 Å². The van der Waals surface area contributed by atoms with Crippen molar-refractivity contribution in [2.75, 3.05) is 13.1 Å². The number of piperidine rings is 1. The van der Waals surface area contributed by atoms with Gasteiger partial charge < -0.3 is 15.2 Å². The van der Waals surface area contributed by atoms with Crippen LogP contribution in [0.2, 0.25) is 0 Å². The lowest BCUT2D eigenvalue weighted by Gasteiger charge is -2.23. The van der Waals surface area contributed by atoms with Crippen LogP contribution in [0.5, 0.6) is 0 Å². The molecule has 2 heterocycles. The Morgan fingerprint density at radius 3 is 2.48 bits per heavy atom. The summed E-state index contributed by atoms with van der Waals surface area (Å²) in [5, 5.41) is 8.99. The summed E-state index contributed by atoms with van der Waals surface area (Å²) in [5.41, 5.74) is 5.42. The maximum atomic E-state index is 13.2. The number of nitrogens with zero attached hydrogens (tertiary/aromatic N) is 1. The maximum Gasteiger partial charge on any atom is 0.268 e. The van der Waals surface area contributed by atoms with Crippen molar-refractivity contribution in [3.8, 4) is 11.1 Å². The van der Waals surface area contributed by atoms with Gasteiger partial charge >= 0.3 is 0 Å². The summed E-state index contributed by atoms with van der Waals surface area (Å²) in [4.78, 5) is 13.2. The van der Waals surface area contributed by atoms with Gasteiger partial charge in [0.2, 0.25) is 0 Å². The van der Waals surface area contributed by atoms with Crippen LogP contribution in [0.25, 0.3) is 21.9 Å². The first kappa shape index (κ1) is 21.5. The van der Waals surface area contributed by atoms with Gasteiger partial charge in [0.1, 0.15) is 5.69 Å². The van der Waals surface area contributed by atoms with Crippen LogP contribution < -0.4 is 10.6 Å². The van der Waals surface area contributed by atoms with Gasteiger partial charge in [-0.15, -0.1) is 0 Å². The van der Waals surface area contributed by atoms with Crippen molar-refractivity contribution in [1.82, 2.24) is 15.2 Å². The van der Waals surface area contributed by atoms with Crippen molar-refractivity contribution >= 4 is 16.7 Å². The van der Waals surface area contributed by atoms with Gasteiger partial charge in [-0.2, -0.15) is 0 Å². The molecule has 1 aliphatic heterocycles. The summed E-state index contributed by atoms with van der Waals surface area (Å²) in [5.74, 6) is 0.587. The molecule has 1 fully saturated rings. The van der Waals surface area contributed by atoms with Crippen LogP contribution in [-0.4, -0.2) is 23.6 Å². The smallest absolute Gasteiger partial charge is 0.268 e. The second-order valence-electron chi connectivity index (χ2n) is 9.13. The van der Waals surface area contributed by atoms with Crippen LogP contribution in [0.1, 0.15) is 53.3 Å². The number of fused-ring (bicyclic) bond motifs is 1. The van der Waals surface area contributed by atoms with Crippen molar-refractivity contribution in [3.63, 3.8) is 0 Å². The Balaban J connectivity index is 1.33. The number of carbonyl (C=O) groups excluding carboxylic acids is 1. The van der Waals surface area contributed by atoms with Gasteiger partial charge in [-0.25, -0.2) is 0 Å². The Morgan fingerprint density at radius 1 is 0.970 bits per heavy atom. The zero-order valence-electron chi connectivity index (χ0n) is 19.3. The molecule has 1 atom stereocenters. The highest BCUT2D eigenvalue weighted by atomic mass is 16.2. The molecule has 1 aliphatic rings. The molecule has 1 unspecified atom stereocenters. The molecule has 4 nitrogen and oxygen atoms in total. The first-order chi connectivity index (χ1) is 16.1. The van der Waals surface area contributed by atoms with Crippen LogP contribution >= 0.6 is 0 Å². The molecule has 1 saturated heterocycles. The average molecular weight is 438 g/mol. The number of nitrogens with one attached hydrogen (secondary N) is 2. The fourth-order valence-corrected chi connectivity index (χ4v) is 5.03.